The fourth-order valence-electron chi connectivity index (χ4n) is 7.52. The van der Waals surface area contributed by atoms with Crippen LogP contribution in [0.5, 0.6) is 0 Å². The molecular formula is C26H40N2O5. The molecule has 33 heavy (non-hydrogen) atoms. The minimum atomic E-state index is -1.05. The predicted molar refractivity (Wildman–Crippen MR) is 126 cm³/mol. The van der Waals surface area contributed by atoms with Gasteiger partial charge in [0, 0.05) is 0 Å². The number of carboxylic acids is 1. The maximum atomic E-state index is 12.1. The van der Waals surface area contributed by atoms with Crippen LogP contribution in [0.25, 0.3) is 0 Å². The van der Waals surface area contributed by atoms with Gasteiger partial charge in [-0.05, 0) is 91.9 Å². The van der Waals surface area contributed by atoms with Gasteiger partial charge in [-0.15, -0.1) is 0 Å². The van der Waals surface area contributed by atoms with Crippen LogP contribution >= 0.6 is 0 Å². The summed E-state index contributed by atoms with van der Waals surface area (Å²) in [7, 11) is 0. The third kappa shape index (κ3) is 4.33. The van der Waals surface area contributed by atoms with E-state index in [-0.39, 0.29) is 29.5 Å². The van der Waals surface area contributed by atoms with Gasteiger partial charge in [0.05, 0.1) is 11.8 Å². The van der Waals surface area contributed by atoms with Crippen LogP contribution in [-0.4, -0.2) is 46.6 Å². The number of nitrogens with zero attached hydrogens (tertiary/aromatic N) is 1. The monoisotopic (exact) mass is 460 g/mol. The van der Waals surface area contributed by atoms with Crippen molar-refractivity contribution in [3.8, 4) is 0 Å². The third-order valence-electron chi connectivity index (χ3n) is 9.55. The molecule has 3 saturated carbocycles. The summed E-state index contributed by atoms with van der Waals surface area (Å²) in [6.07, 6.45) is 10.6. The first kappa shape index (κ1) is 24.2. The minimum absolute atomic E-state index is 0.101. The van der Waals surface area contributed by atoms with E-state index in [0.29, 0.717) is 17.8 Å². The summed E-state index contributed by atoms with van der Waals surface area (Å²) in [4.78, 5) is 28.6. The lowest BCUT2D eigenvalue weighted by Gasteiger charge is -2.57. The van der Waals surface area contributed by atoms with Gasteiger partial charge in [-0.1, -0.05) is 38.4 Å². The van der Waals surface area contributed by atoms with E-state index in [4.69, 9.17) is 4.84 Å². The number of hydrogen-bond donors (Lipinski definition) is 3. The lowest BCUT2D eigenvalue weighted by atomic mass is 9.47. The largest absolute Gasteiger partial charge is 0.480 e. The Morgan fingerprint density at radius 3 is 2.61 bits per heavy atom. The van der Waals surface area contributed by atoms with E-state index < -0.39 is 17.9 Å². The van der Waals surface area contributed by atoms with Gasteiger partial charge in [-0.3, -0.25) is 4.79 Å². The van der Waals surface area contributed by atoms with E-state index in [1.807, 2.05) is 0 Å². The average Bonchev–Trinajstić information content (AvgIpc) is 3.06. The highest BCUT2D eigenvalue weighted by Gasteiger charge is 2.58. The molecule has 0 aromatic rings. The molecule has 0 bridgehead atoms. The van der Waals surface area contributed by atoms with Gasteiger partial charge in [0.15, 0.2) is 6.61 Å². The van der Waals surface area contributed by atoms with Crippen LogP contribution in [0.15, 0.2) is 16.8 Å². The molecular weight excluding hydrogens is 420 g/mol. The molecule has 7 nitrogen and oxygen atoms in total. The molecule has 7 atom stereocenters. The minimum Gasteiger partial charge on any atom is -0.480 e. The number of carboxylic acid groups (broad SMARTS) is 1. The fourth-order valence-corrected chi connectivity index (χ4v) is 7.52. The number of amides is 1. The molecule has 0 aliphatic heterocycles. The van der Waals surface area contributed by atoms with Crippen molar-refractivity contribution >= 4 is 17.6 Å². The van der Waals surface area contributed by atoms with Crippen LogP contribution in [0.2, 0.25) is 0 Å². The molecule has 0 saturated heterocycles. The summed E-state index contributed by atoms with van der Waals surface area (Å²) in [5, 5.41) is 26.6. The van der Waals surface area contributed by atoms with Crippen LogP contribution in [-0.2, 0) is 14.4 Å². The van der Waals surface area contributed by atoms with Gasteiger partial charge in [-0.2, -0.15) is 0 Å². The van der Waals surface area contributed by atoms with Gasteiger partial charge in [0.1, 0.15) is 6.04 Å². The molecule has 184 valence electrons. The zero-order chi connectivity index (χ0) is 24.0. The highest BCUT2D eigenvalue weighted by molar-refractivity contribution is 5.96. The molecule has 4 aliphatic carbocycles. The quantitative estimate of drug-likeness (QED) is 0.521. The molecule has 0 radical (unpaired) electrons. The lowest BCUT2D eigenvalue weighted by Crippen LogP contribution is -2.51. The Morgan fingerprint density at radius 1 is 1.15 bits per heavy atom. The molecule has 3 fully saturated rings. The van der Waals surface area contributed by atoms with Gasteiger partial charge in [0.2, 0.25) is 0 Å². The summed E-state index contributed by atoms with van der Waals surface area (Å²) in [5.41, 5.74) is 2.60. The Labute approximate surface area is 197 Å². The predicted octanol–water partition coefficient (Wildman–Crippen LogP) is 3.91. The Kier molecular flexibility index (Phi) is 6.64. The summed E-state index contributed by atoms with van der Waals surface area (Å²) in [6.45, 7) is 7.96. The highest BCUT2D eigenvalue weighted by Crippen LogP contribution is 2.65. The first-order chi connectivity index (χ1) is 15.6. The molecule has 7 heteroatoms. The van der Waals surface area contributed by atoms with Gasteiger partial charge in [0.25, 0.3) is 5.91 Å². The van der Waals surface area contributed by atoms with Crippen LogP contribution in [0.4, 0.5) is 0 Å². The van der Waals surface area contributed by atoms with Crippen molar-refractivity contribution in [1.29, 1.82) is 0 Å². The van der Waals surface area contributed by atoms with Crippen LogP contribution in [0.1, 0.15) is 79.1 Å². The number of aliphatic carboxylic acids is 1. The van der Waals surface area contributed by atoms with Crippen LogP contribution in [0, 0.1) is 34.5 Å². The summed E-state index contributed by atoms with van der Waals surface area (Å²) in [5.74, 6) is 0.272. The number of carbonyl (C=O) groups is 2. The number of nitrogens with one attached hydrogen (secondary N) is 1. The molecule has 4 rings (SSSR count). The SMILES string of the molecule is CC(C)C(NC(=O)CO/N=C1/C=C2CCC3C4CCC(O)[C@@]4(C)CCC3[C@@]2(C)CC1)C(=O)O. The molecule has 3 N–H and O–H groups in total. The van der Waals surface area contributed by atoms with Gasteiger partial charge < -0.3 is 20.4 Å². The van der Waals surface area contributed by atoms with Crippen molar-refractivity contribution in [1.82, 2.24) is 5.32 Å². The van der Waals surface area contributed by atoms with E-state index in [1.165, 1.54) is 18.4 Å². The Bertz CT molecular complexity index is 852. The maximum Gasteiger partial charge on any atom is 0.326 e. The van der Waals surface area contributed by atoms with Crippen molar-refractivity contribution in [2.24, 2.45) is 39.7 Å². The fraction of sp³-hybridized carbons (Fsp3) is 0.808. The first-order valence-corrected chi connectivity index (χ1v) is 12.7. The second-order valence-corrected chi connectivity index (χ2v) is 11.6. The van der Waals surface area contributed by atoms with E-state index >= 15 is 0 Å². The lowest BCUT2D eigenvalue weighted by molar-refractivity contribution is -0.143. The number of aliphatic hydroxyl groups is 1. The number of carbonyl (C=O) groups excluding carboxylic acids is 1. The second-order valence-electron chi connectivity index (χ2n) is 11.6. The first-order valence-electron chi connectivity index (χ1n) is 12.7. The Balaban J connectivity index is 1.39. The van der Waals surface area contributed by atoms with Crippen molar-refractivity contribution < 1.29 is 24.6 Å². The molecule has 0 aromatic heterocycles. The zero-order valence-electron chi connectivity index (χ0n) is 20.5. The molecule has 0 heterocycles. The topological polar surface area (TPSA) is 108 Å². The molecule has 1 amide bonds. The molecule has 0 spiro atoms. The van der Waals surface area contributed by atoms with Gasteiger partial charge >= 0.3 is 5.97 Å². The summed E-state index contributed by atoms with van der Waals surface area (Å²) in [6, 6.07) is -0.931. The smallest absolute Gasteiger partial charge is 0.326 e. The standard InChI is InChI=1S/C26H40N2O5/c1-15(2)23(24(31)32)27-22(30)14-33-28-17-9-11-25(3)16(13-17)5-6-18-19-7-8-21(29)26(19,4)12-10-20(18)25/h13,15,18-21,23,29H,5-12,14H2,1-4H3,(H,27,30)(H,31,32)/b28-17+/t18?,19?,20?,21?,23?,25-,26-/m0/s1. The van der Waals surface area contributed by atoms with E-state index in [1.54, 1.807) is 13.8 Å². The number of fused-ring (bicyclic) bond motifs is 5. The van der Waals surface area contributed by atoms with E-state index in [0.717, 1.165) is 44.2 Å². The number of aliphatic hydroxyl groups excluding tert-OH is 1. The number of hydrogen-bond acceptors (Lipinski definition) is 5. The van der Waals surface area contributed by atoms with E-state index in [2.05, 4.69) is 30.4 Å². The summed E-state index contributed by atoms with van der Waals surface area (Å²) < 4.78 is 0. The second kappa shape index (κ2) is 9.05. The molecule has 5 unspecified atom stereocenters. The van der Waals surface area contributed by atoms with Crippen LogP contribution in [0.3, 0.4) is 0 Å². The number of allylic oxidation sites excluding steroid dienone is 2. The summed E-state index contributed by atoms with van der Waals surface area (Å²) >= 11 is 0. The Morgan fingerprint density at radius 2 is 1.91 bits per heavy atom. The average molecular weight is 461 g/mol. The van der Waals surface area contributed by atoms with Crippen molar-refractivity contribution in [3.63, 3.8) is 0 Å². The number of oxime groups is 1. The van der Waals surface area contributed by atoms with Crippen molar-refractivity contribution in [3.05, 3.63) is 11.6 Å². The van der Waals surface area contributed by atoms with E-state index in [9.17, 15) is 19.8 Å². The van der Waals surface area contributed by atoms with Crippen LogP contribution < -0.4 is 5.32 Å². The van der Waals surface area contributed by atoms with Crippen molar-refractivity contribution in [2.75, 3.05) is 6.61 Å². The third-order valence-corrected chi connectivity index (χ3v) is 9.55. The molecule has 4 aliphatic rings. The molecule has 0 aromatic carbocycles. The van der Waals surface area contributed by atoms with Crippen molar-refractivity contribution in [2.45, 2.75) is 91.2 Å². The van der Waals surface area contributed by atoms with Gasteiger partial charge in [-0.25, -0.2) is 4.79 Å². The normalized spacial score (nSPS) is 39.8. The number of rotatable bonds is 6. The highest BCUT2D eigenvalue weighted by atomic mass is 16.6. The zero-order valence-corrected chi connectivity index (χ0v) is 20.5. The maximum absolute atomic E-state index is 12.1. The Hall–Kier alpha value is -1.89.